The van der Waals surface area contributed by atoms with Crippen molar-refractivity contribution in [2.24, 2.45) is 10.9 Å². The van der Waals surface area contributed by atoms with Crippen LogP contribution >= 0.6 is 11.8 Å². The van der Waals surface area contributed by atoms with Gasteiger partial charge in [0.25, 0.3) is 5.56 Å². The van der Waals surface area contributed by atoms with Crippen molar-refractivity contribution >= 4 is 29.6 Å². The van der Waals surface area contributed by atoms with E-state index >= 15 is 0 Å². The zero-order valence-electron chi connectivity index (χ0n) is 14.0. The highest BCUT2D eigenvalue weighted by Gasteiger charge is 2.22. The van der Waals surface area contributed by atoms with Crippen LogP contribution in [0.4, 0.5) is 4.39 Å². The molecule has 1 aromatic rings. The first-order valence-corrected chi connectivity index (χ1v) is 9.94. The Hall–Kier alpha value is -1.47. The fraction of sp³-hybridized carbons (Fsp3) is 0.611. The molecular weight excluding hydrogens is 341 g/mol. The number of rotatable bonds is 5. The van der Waals surface area contributed by atoms with Crippen LogP contribution in [-0.4, -0.2) is 46.9 Å². The molecule has 1 atom stereocenters. The number of hydrogen-bond donors (Lipinski definition) is 1. The maximum Gasteiger partial charge on any atom is 0.258 e. The normalized spacial score (nSPS) is 25.3. The van der Waals surface area contributed by atoms with Crippen molar-refractivity contribution in [2.75, 3.05) is 19.8 Å². The van der Waals surface area contributed by atoms with Gasteiger partial charge in [-0.25, -0.2) is 9.37 Å². The number of aromatic amines is 1. The monoisotopic (exact) mass is 363 g/mol. The Bertz CT molecular complexity index is 841. The van der Waals surface area contributed by atoms with E-state index in [0.717, 1.165) is 26.1 Å². The minimum absolute atomic E-state index is 0.271. The third kappa shape index (κ3) is 4.20. The Kier molecular flexibility index (Phi) is 5.03. The van der Waals surface area contributed by atoms with E-state index < -0.39 is 6.17 Å². The first-order valence-electron chi connectivity index (χ1n) is 8.89. The molecule has 4 rings (SSSR count). The summed E-state index contributed by atoms with van der Waals surface area (Å²) in [5.41, 5.74) is 0.119. The zero-order chi connectivity index (χ0) is 17.2. The van der Waals surface area contributed by atoms with Gasteiger partial charge in [-0.1, -0.05) is 0 Å². The summed E-state index contributed by atoms with van der Waals surface area (Å²) < 4.78 is 19.6. The van der Waals surface area contributed by atoms with Crippen LogP contribution < -0.4 is 16.1 Å². The van der Waals surface area contributed by atoms with E-state index in [2.05, 4.69) is 15.0 Å². The van der Waals surface area contributed by atoms with Crippen LogP contribution in [0.25, 0.3) is 12.2 Å². The number of nitrogens with zero attached hydrogens (tertiary/aromatic N) is 2. The van der Waals surface area contributed by atoms with Gasteiger partial charge in [-0.3, -0.25) is 9.79 Å². The van der Waals surface area contributed by atoms with Gasteiger partial charge in [0.1, 0.15) is 5.82 Å². The lowest BCUT2D eigenvalue weighted by atomic mass is 10.1. The van der Waals surface area contributed by atoms with Gasteiger partial charge in [-0.2, -0.15) is 11.8 Å². The summed E-state index contributed by atoms with van der Waals surface area (Å²) in [6.07, 6.45) is 6.07. The fourth-order valence-corrected chi connectivity index (χ4v) is 4.10. The van der Waals surface area contributed by atoms with Crippen LogP contribution in [0.2, 0.25) is 0 Å². The van der Waals surface area contributed by atoms with Crippen LogP contribution in [-0.2, 0) is 10.5 Å². The number of aromatic nitrogens is 2. The van der Waals surface area contributed by atoms with Crippen LogP contribution in [0.15, 0.2) is 9.79 Å². The van der Waals surface area contributed by atoms with Crippen molar-refractivity contribution in [3.8, 4) is 0 Å². The third-order valence-electron chi connectivity index (χ3n) is 4.77. The molecule has 3 aliphatic rings. The summed E-state index contributed by atoms with van der Waals surface area (Å²) in [5, 5.41) is 1.39. The van der Waals surface area contributed by atoms with Gasteiger partial charge < -0.3 is 9.72 Å². The average molecular weight is 363 g/mol. The molecule has 2 fully saturated rings. The van der Waals surface area contributed by atoms with Crippen molar-refractivity contribution in [2.45, 2.75) is 42.9 Å². The number of halogens is 1. The number of aliphatic imine (C=N–C) groups is 1. The molecule has 134 valence electrons. The Morgan fingerprint density at radius 2 is 2.12 bits per heavy atom. The number of H-pyrrole nitrogens is 1. The van der Waals surface area contributed by atoms with Gasteiger partial charge in [0.05, 0.1) is 22.0 Å². The molecule has 25 heavy (non-hydrogen) atoms. The Morgan fingerprint density at radius 3 is 2.88 bits per heavy atom. The van der Waals surface area contributed by atoms with E-state index in [0.29, 0.717) is 45.6 Å². The summed E-state index contributed by atoms with van der Waals surface area (Å²) in [6.45, 7) is 2.27. The average Bonchev–Trinajstić information content (AvgIpc) is 3.44. The second kappa shape index (κ2) is 7.41. The predicted molar refractivity (Wildman–Crippen MR) is 98.1 cm³/mol. The molecule has 1 saturated carbocycles. The van der Waals surface area contributed by atoms with Crippen molar-refractivity contribution in [3.05, 3.63) is 26.7 Å². The first kappa shape index (κ1) is 17.0. The largest absolute Gasteiger partial charge is 0.381 e. The highest BCUT2D eigenvalue weighted by atomic mass is 32.2. The molecule has 2 heterocycles. The van der Waals surface area contributed by atoms with E-state index in [1.165, 1.54) is 18.9 Å². The standard InChI is InChI=1S/C18H22FN3O2S/c19-14-7-13-15(8-16(14)20-9-11-1-2-11)21-17(22-18(13)23)10-25-12-3-5-24-6-4-12/h7-8,11-12,14H,1-6,9-10H2,(H,21,22,23). The Balaban J connectivity index is 1.55. The molecule has 0 amide bonds. The van der Waals surface area contributed by atoms with Gasteiger partial charge in [0.15, 0.2) is 6.17 Å². The number of fused-ring (bicyclic) bond motifs is 1. The quantitative estimate of drug-likeness (QED) is 0.846. The summed E-state index contributed by atoms with van der Waals surface area (Å²) in [4.78, 5) is 24.0. The molecule has 0 aromatic carbocycles. The maximum atomic E-state index is 14.3. The summed E-state index contributed by atoms with van der Waals surface area (Å²) >= 11 is 1.79. The highest BCUT2D eigenvalue weighted by molar-refractivity contribution is 7.99. The van der Waals surface area contributed by atoms with Crippen molar-refractivity contribution in [1.29, 1.82) is 0 Å². The first-order chi connectivity index (χ1) is 12.2. The van der Waals surface area contributed by atoms with Gasteiger partial charge in [0.2, 0.25) is 0 Å². The van der Waals surface area contributed by atoms with Crippen LogP contribution in [0.1, 0.15) is 31.5 Å². The molecule has 7 heteroatoms. The Morgan fingerprint density at radius 1 is 1.32 bits per heavy atom. The molecule has 0 spiro atoms. The highest BCUT2D eigenvalue weighted by Crippen LogP contribution is 2.29. The smallest absolute Gasteiger partial charge is 0.258 e. The minimum Gasteiger partial charge on any atom is -0.381 e. The van der Waals surface area contributed by atoms with Crippen molar-refractivity contribution < 1.29 is 9.13 Å². The molecule has 2 aliphatic carbocycles. The van der Waals surface area contributed by atoms with Gasteiger partial charge >= 0.3 is 0 Å². The van der Waals surface area contributed by atoms with Gasteiger partial charge in [-0.15, -0.1) is 0 Å². The van der Waals surface area contributed by atoms with E-state index in [1.54, 1.807) is 17.8 Å². The topological polar surface area (TPSA) is 67.3 Å². The number of thioether (sulfide) groups is 1. The predicted octanol–water partition coefficient (Wildman–Crippen LogP) is 0.946. The van der Waals surface area contributed by atoms with Crippen LogP contribution in [0.5, 0.6) is 0 Å². The van der Waals surface area contributed by atoms with E-state index in [9.17, 15) is 9.18 Å². The van der Waals surface area contributed by atoms with E-state index in [-0.39, 0.29) is 5.56 Å². The minimum atomic E-state index is -1.32. The molecule has 1 unspecified atom stereocenters. The molecular formula is C18H22FN3O2S. The lowest BCUT2D eigenvalue weighted by molar-refractivity contribution is 0.1000. The van der Waals surface area contributed by atoms with E-state index in [1.807, 2.05) is 0 Å². The zero-order valence-corrected chi connectivity index (χ0v) is 14.9. The molecule has 0 bridgehead atoms. The molecule has 1 N–H and O–H groups in total. The molecule has 1 aliphatic heterocycles. The van der Waals surface area contributed by atoms with Crippen LogP contribution in [0, 0.1) is 5.92 Å². The second-order valence-corrected chi connectivity index (χ2v) is 8.14. The van der Waals surface area contributed by atoms with E-state index in [4.69, 9.17) is 4.74 Å². The lowest BCUT2D eigenvalue weighted by Gasteiger charge is -2.21. The number of alkyl halides is 1. The van der Waals surface area contributed by atoms with Gasteiger partial charge in [-0.05, 0) is 43.8 Å². The van der Waals surface area contributed by atoms with Crippen LogP contribution in [0.3, 0.4) is 0 Å². The summed E-state index contributed by atoms with van der Waals surface area (Å²) in [7, 11) is 0. The molecule has 0 radical (unpaired) electrons. The third-order valence-corrected chi connectivity index (χ3v) is 6.15. The summed E-state index contributed by atoms with van der Waals surface area (Å²) in [5.74, 6) is 1.89. The maximum absolute atomic E-state index is 14.3. The Labute approximate surface area is 149 Å². The molecule has 1 aromatic heterocycles. The lowest BCUT2D eigenvalue weighted by Crippen LogP contribution is -2.48. The fourth-order valence-electron chi connectivity index (χ4n) is 3.05. The van der Waals surface area contributed by atoms with Crippen molar-refractivity contribution in [3.63, 3.8) is 0 Å². The summed E-state index contributed by atoms with van der Waals surface area (Å²) in [6, 6.07) is 0. The van der Waals surface area contributed by atoms with Crippen molar-refractivity contribution in [1.82, 2.24) is 9.97 Å². The SMILES string of the molecule is O=c1[nH]c(CSC2CCOCC2)nc2c1=CC(F)C(=NCC1CC1)C=2. The van der Waals surface area contributed by atoms with Gasteiger partial charge in [0, 0.05) is 25.0 Å². The molecule has 5 nitrogen and oxygen atoms in total. The molecule has 1 saturated heterocycles. The second-order valence-electron chi connectivity index (χ2n) is 6.86. The number of ether oxygens (including phenoxy) is 1. The number of nitrogens with one attached hydrogen (secondary N) is 1. The number of hydrogen-bond acceptors (Lipinski definition) is 5.